The van der Waals surface area contributed by atoms with Gasteiger partial charge in [0.25, 0.3) is 5.91 Å². The summed E-state index contributed by atoms with van der Waals surface area (Å²) in [4.78, 5) is 28.1. The molecule has 2 N–H and O–H groups in total. The quantitative estimate of drug-likeness (QED) is 0.555. The van der Waals surface area contributed by atoms with Crippen molar-refractivity contribution in [2.24, 2.45) is 0 Å². The van der Waals surface area contributed by atoms with Crippen LogP contribution >= 0.6 is 0 Å². The van der Waals surface area contributed by atoms with Gasteiger partial charge in [0, 0.05) is 19.3 Å². The molecule has 0 atom stereocenters. The molecule has 9 heteroatoms. The summed E-state index contributed by atoms with van der Waals surface area (Å²) < 4.78 is 17.2. The molecule has 0 aromatic carbocycles. The Balaban J connectivity index is 1.82. The Hall–Kier alpha value is -2.13. The third kappa shape index (κ3) is 6.43. The van der Waals surface area contributed by atoms with Gasteiger partial charge in [0.05, 0.1) is 11.2 Å². The molecule has 1 fully saturated rings. The van der Waals surface area contributed by atoms with Crippen molar-refractivity contribution in [2.45, 2.75) is 71.7 Å². The second-order valence-electron chi connectivity index (χ2n) is 9.10. The van der Waals surface area contributed by atoms with Crippen LogP contribution < -0.4 is 16.1 Å². The van der Waals surface area contributed by atoms with Crippen LogP contribution in [0.15, 0.2) is 18.3 Å². The summed E-state index contributed by atoms with van der Waals surface area (Å²) in [7, 11) is -0.549. The minimum Gasteiger partial charge on any atom is -0.444 e. The molecule has 2 heterocycles. The van der Waals surface area contributed by atoms with E-state index in [-0.39, 0.29) is 11.6 Å². The fraction of sp³-hybridized carbons (Fsp3) is 0.650. The lowest BCUT2D eigenvalue weighted by Gasteiger charge is -2.32. The molecule has 0 radical (unpaired) electrons. The van der Waals surface area contributed by atoms with Crippen LogP contribution in [-0.2, 0) is 14.0 Å². The Morgan fingerprint density at radius 3 is 2.28 bits per heavy atom. The number of alkyl carbamates (subject to hydrolysis) is 1. The lowest BCUT2D eigenvalue weighted by atomic mass is 9.79. The van der Waals surface area contributed by atoms with E-state index in [4.69, 9.17) is 14.0 Å². The molecule has 160 valence electrons. The summed E-state index contributed by atoms with van der Waals surface area (Å²) in [6, 6.07) is 3.46. The first-order valence-electron chi connectivity index (χ1n) is 9.87. The van der Waals surface area contributed by atoms with E-state index in [1.165, 1.54) is 0 Å². The molecule has 1 aliphatic heterocycles. The number of nitrogens with one attached hydrogen (secondary N) is 2. The Morgan fingerprint density at radius 2 is 1.69 bits per heavy atom. The van der Waals surface area contributed by atoms with Gasteiger partial charge in [0.1, 0.15) is 11.3 Å². The van der Waals surface area contributed by atoms with Crippen molar-refractivity contribution in [1.29, 1.82) is 0 Å². The molecule has 1 aromatic heterocycles. The molecule has 0 saturated carbocycles. The van der Waals surface area contributed by atoms with E-state index in [0.717, 1.165) is 5.46 Å². The van der Waals surface area contributed by atoms with E-state index in [9.17, 15) is 9.59 Å². The van der Waals surface area contributed by atoms with Gasteiger partial charge in [-0.25, -0.2) is 4.79 Å². The molecule has 0 bridgehead atoms. The molecule has 0 spiro atoms. The third-order valence-electron chi connectivity index (χ3n) is 4.85. The summed E-state index contributed by atoms with van der Waals surface area (Å²) >= 11 is 0. The second-order valence-corrected chi connectivity index (χ2v) is 9.10. The fourth-order valence-corrected chi connectivity index (χ4v) is 2.58. The third-order valence-corrected chi connectivity index (χ3v) is 4.85. The van der Waals surface area contributed by atoms with Crippen molar-refractivity contribution in [2.75, 3.05) is 13.1 Å². The van der Waals surface area contributed by atoms with Gasteiger partial charge >= 0.3 is 13.2 Å². The summed E-state index contributed by atoms with van der Waals surface area (Å²) in [5.74, 6) is -0.291. The smallest absolute Gasteiger partial charge is 0.444 e. The standard InChI is InChI=1S/C20H32BN3O5/c1-18(2,3)27-17(26)24-11-8-10-23-16(25)15-13-14(9-12-22-15)21-28-19(4,5)20(6,7)29-21/h9,12-13H,8,10-11H2,1-7H3,(H,23,25)(H,24,26). The molecule has 8 nitrogen and oxygen atoms in total. The summed E-state index contributed by atoms with van der Waals surface area (Å²) in [5, 5.41) is 5.45. The van der Waals surface area contributed by atoms with Crippen molar-refractivity contribution >= 4 is 24.6 Å². The van der Waals surface area contributed by atoms with Gasteiger partial charge in [-0.05, 0) is 72.5 Å². The molecule has 2 rings (SSSR count). The van der Waals surface area contributed by atoms with E-state index in [2.05, 4.69) is 15.6 Å². The van der Waals surface area contributed by atoms with Crippen LogP contribution in [0.1, 0.15) is 65.4 Å². The maximum atomic E-state index is 12.4. The lowest BCUT2D eigenvalue weighted by Crippen LogP contribution is -2.41. The zero-order valence-corrected chi connectivity index (χ0v) is 18.4. The number of hydrogen-bond acceptors (Lipinski definition) is 6. The number of pyridine rings is 1. The van der Waals surface area contributed by atoms with Crippen molar-refractivity contribution < 1.29 is 23.6 Å². The maximum Gasteiger partial charge on any atom is 0.494 e. The van der Waals surface area contributed by atoms with Gasteiger partial charge in [0.2, 0.25) is 0 Å². The van der Waals surface area contributed by atoms with Gasteiger partial charge in [-0.3, -0.25) is 9.78 Å². The topological polar surface area (TPSA) is 98.8 Å². The van der Waals surface area contributed by atoms with Crippen LogP contribution in [0.4, 0.5) is 4.79 Å². The highest BCUT2D eigenvalue weighted by atomic mass is 16.7. The predicted octanol–water partition coefficient (Wildman–Crippen LogP) is 2.03. The van der Waals surface area contributed by atoms with Crippen LogP contribution in [-0.4, -0.2) is 54.0 Å². The Kier molecular flexibility index (Phi) is 6.95. The normalized spacial score (nSPS) is 17.7. The average molecular weight is 405 g/mol. The minimum absolute atomic E-state index is 0.289. The van der Waals surface area contributed by atoms with E-state index < -0.39 is 30.0 Å². The fourth-order valence-electron chi connectivity index (χ4n) is 2.58. The molecule has 1 saturated heterocycles. The van der Waals surface area contributed by atoms with E-state index in [1.807, 2.05) is 27.7 Å². The maximum absolute atomic E-state index is 12.4. The number of carbonyl (C=O) groups excluding carboxylic acids is 2. The van der Waals surface area contributed by atoms with Gasteiger partial charge in [0.15, 0.2) is 0 Å². The molecular weight excluding hydrogens is 373 g/mol. The number of aromatic nitrogens is 1. The van der Waals surface area contributed by atoms with Crippen molar-refractivity contribution in [3.05, 3.63) is 24.0 Å². The Morgan fingerprint density at radius 1 is 1.10 bits per heavy atom. The Bertz CT molecular complexity index is 730. The lowest BCUT2D eigenvalue weighted by molar-refractivity contribution is 0.00578. The highest BCUT2D eigenvalue weighted by Gasteiger charge is 2.51. The van der Waals surface area contributed by atoms with Crippen LogP contribution in [0.5, 0.6) is 0 Å². The van der Waals surface area contributed by atoms with Crippen LogP contribution in [0.3, 0.4) is 0 Å². The van der Waals surface area contributed by atoms with Crippen molar-refractivity contribution in [3.8, 4) is 0 Å². The summed E-state index contributed by atoms with van der Waals surface area (Å²) in [5.41, 5.74) is -0.408. The molecule has 0 unspecified atom stereocenters. The number of ether oxygens (including phenoxy) is 1. The van der Waals surface area contributed by atoms with E-state index in [1.54, 1.807) is 39.1 Å². The van der Waals surface area contributed by atoms with Gasteiger partial charge in [-0.1, -0.05) is 0 Å². The first-order chi connectivity index (χ1) is 13.3. The first kappa shape index (κ1) is 23.2. The number of hydrogen-bond donors (Lipinski definition) is 2. The monoisotopic (exact) mass is 405 g/mol. The molecular formula is C20H32BN3O5. The molecule has 2 amide bonds. The largest absolute Gasteiger partial charge is 0.494 e. The van der Waals surface area contributed by atoms with Crippen LogP contribution in [0.2, 0.25) is 0 Å². The number of nitrogens with zero attached hydrogens (tertiary/aromatic N) is 1. The molecule has 0 aliphatic carbocycles. The predicted molar refractivity (Wildman–Crippen MR) is 111 cm³/mol. The SMILES string of the molecule is CC(C)(C)OC(=O)NCCCNC(=O)c1cc(B2OC(C)(C)C(C)(C)O2)ccn1. The van der Waals surface area contributed by atoms with Crippen LogP contribution in [0, 0.1) is 0 Å². The average Bonchev–Trinajstić information content (AvgIpc) is 2.80. The first-order valence-corrected chi connectivity index (χ1v) is 9.87. The van der Waals surface area contributed by atoms with Crippen LogP contribution in [0.25, 0.3) is 0 Å². The summed E-state index contributed by atoms with van der Waals surface area (Å²) in [6.07, 6.45) is 1.67. The number of amides is 2. The number of carbonyl (C=O) groups is 2. The molecule has 29 heavy (non-hydrogen) atoms. The van der Waals surface area contributed by atoms with Crippen molar-refractivity contribution in [1.82, 2.24) is 15.6 Å². The minimum atomic E-state index is -0.549. The van der Waals surface area contributed by atoms with Gasteiger partial charge in [-0.15, -0.1) is 0 Å². The van der Waals surface area contributed by atoms with Gasteiger partial charge < -0.3 is 24.7 Å². The second kappa shape index (κ2) is 8.71. The highest BCUT2D eigenvalue weighted by Crippen LogP contribution is 2.36. The zero-order chi connectivity index (χ0) is 21.9. The highest BCUT2D eigenvalue weighted by molar-refractivity contribution is 6.62. The van der Waals surface area contributed by atoms with E-state index in [0.29, 0.717) is 19.5 Å². The van der Waals surface area contributed by atoms with Crippen molar-refractivity contribution in [3.63, 3.8) is 0 Å². The Labute approximate surface area is 173 Å². The van der Waals surface area contributed by atoms with E-state index >= 15 is 0 Å². The van der Waals surface area contributed by atoms with Gasteiger partial charge in [-0.2, -0.15) is 0 Å². The summed E-state index contributed by atoms with van der Waals surface area (Å²) in [6.45, 7) is 14.1. The molecule has 1 aliphatic rings. The zero-order valence-electron chi connectivity index (χ0n) is 18.4. The number of rotatable bonds is 6. The molecule has 1 aromatic rings.